The van der Waals surface area contributed by atoms with Crippen LogP contribution in [0.1, 0.15) is 63.9 Å². The van der Waals surface area contributed by atoms with E-state index in [4.69, 9.17) is 4.74 Å². The Morgan fingerprint density at radius 3 is 2.47 bits per heavy atom. The number of esters is 1. The summed E-state index contributed by atoms with van der Waals surface area (Å²) in [6.45, 7) is 2.34. The number of aromatic amines is 1. The van der Waals surface area contributed by atoms with Crippen LogP contribution in [0, 0.1) is 0 Å². The van der Waals surface area contributed by atoms with Crippen LogP contribution in [0.3, 0.4) is 0 Å². The second-order valence-electron chi connectivity index (χ2n) is 4.89. The molecular weight excluding hydrogens is 240 g/mol. The molecule has 0 radical (unpaired) electrons. The van der Waals surface area contributed by atoms with Crippen molar-refractivity contribution in [2.45, 2.75) is 64.7 Å². The highest BCUT2D eigenvalue weighted by molar-refractivity contribution is 5.69. The van der Waals surface area contributed by atoms with Gasteiger partial charge in [-0.25, -0.2) is 0 Å². The van der Waals surface area contributed by atoms with Gasteiger partial charge in [-0.05, 0) is 31.7 Å². The predicted molar refractivity (Wildman–Crippen MR) is 75.9 cm³/mol. The molecule has 0 amide bonds. The van der Waals surface area contributed by atoms with Crippen LogP contribution in [0.2, 0.25) is 0 Å². The van der Waals surface area contributed by atoms with Gasteiger partial charge < -0.3 is 4.74 Å². The van der Waals surface area contributed by atoms with Crippen molar-refractivity contribution in [1.82, 2.24) is 10.2 Å². The second kappa shape index (κ2) is 10.6. The molecule has 19 heavy (non-hydrogen) atoms. The lowest BCUT2D eigenvalue weighted by atomic mass is 10.1. The number of nitrogens with zero attached hydrogens (tertiary/aromatic N) is 1. The Labute approximate surface area is 115 Å². The second-order valence-corrected chi connectivity index (χ2v) is 4.89. The predicted octanol–water partition coefficient (Wildman–Crippen LogP) is 3.64. The topological polar surface area (TPSA) is 55.0 Å². The van der Waals surface area contributed by atoms with E-state index in [-0.39, 0.29) is 5.97 Å². The third-order valence-electron chi connectivity index (χ3n) is 3.21. The fourth-order valence-electron chi connectivity index (χ4n) is 2.13. The maximum Gasteiger partial charge on any atom is 0.305 e. The standard InChI is InChI=1S/C15H26N2O2/c1-2-19-15(18)11-9-7-5-3-4-6-8-10-14-12-16-17-13-14/h12-13H,2-11H2,1H3,(H,16,17). The molecule has 0 aromatic carbocycles. The number of ether oxygens (including phenoxy) is 1. The Bertz CT molecular complexity index is 323. The molecule has 0 atom stereocenters. The molecule has 4 heteroatoms. The first-order chi connectivity index (χ1) is 9.33. The van der Waals surface area contributed by atoms with Gasteiger partial charge in [-0.15, -0.1) is 0 Å². The van der Waals surface area contributed by atoms with E-state index in [1.54, 1.807) is 0 Å². The van der Waals surface area contributed by atoms with Gasteiger partial charge in [0, 0.05) is 12.6 Å². The monoisotopic (exact) mass is 266 g/mol. The SMILES string of the molecule is CCOC(=O)CCCCCCCCCc1cn[nH]c1. The molecular formula is C15H26N2O2. The Hall–Kier alpha value is -1.32. The maximum atomic E-state index is 11.1. The highest BCUT2D eigenvalue weighted by Gasteiger charge is 2.00. The largest absolute Gasteiger partial charge is 0.466 e. The van der Waals surface area contributed by atoms with Crippen molar-refractivity contribution in [2.24, 2.45) is 0 Å². The summed E-state index contributed by atoms with van der Waals surface area (Å²) < 4.78 is 4.89. The molecule has 0 aliphatic heterocycles. The molecule has 1 aromatic heterocycles. The molecule has 0 aliphatic carbocycles. The van der Waals surface area contributed by atoms with Crippen molar-refractivity contribution in [2.75, 3.05) is 6.61 Å². The zero-order chi connectivity index (χ0) is 13.8. The number of carbonyl (C=O) groups excluding carboxylic acids is 1. The molecule has 0 fully saturated rings. The van der Waals surface area contributed by atoms with Gasteiger partial charge in [-0.1, -0.05) is 32.1 Å². The number of carbonyl (C=O) groups is 1. The van der Waals surface area contributed by atoms with Crippen molar-refractivity contribution in [3.8, 4) is 0 Å². The van der Waals surface area contributed by atoms with Crippen LogP contribution in [-0.4, -0.2) is 22.8 Å². The third kappa shape index (κ3) is 8.41. The van der Waals surface area contributed by atoms with Crippen molar-refractivity contribution >= 4 is 5.97 Å². The number of rotatable bonds is 11. The minimum atomic E-state index is -0.0531. The fraction of sp³-hybridized carbons (Fsp3) is 0.733. The van der Waals surface area contributed by atoms with Crippen molar-refractivity contribution in [1.29, 1.82) is 0 Å². The Morgan fingerprint density at radius 1 is 1.16 bits per heavy atom. The van der Waals surface area contributed by atoms with Gasteiger partial charge in [0.1, 0.15) is 0 Å². The van der Waals surface area contributed by atoms with Crippen molar-refractivity contribution in [3.05, 3.63) is 18.0 Å². The van der Waals surface area contributed by atoms with E-state index in [1.807, 2.05) is 19.3 Å². The van der Waals surface area contributed by atoms with Gasteiger partial charge >= 0.3 is 5.97 Å². The van der Waals surface area contributed by atoms with E-state index in [1.165, 1.54) is 37.7 Å². The van der Waals surface area contributed by atoms with Gasteiger partial charge in [0.25, 0.3) is 0 Å². The van der Waals surface area contributed by atoms with Gasteiger partial charge in [-0.2, -0.15) is 5.10 Å². The summed E-state index contributed by atoms with van der Waals surface area (Å²) in [4.78, 5) is 11.1. The van der Waals surface area contributed by atoms with Crippen LogP contribution >= 0.6 is 0 Å². The molecule has 0 saturated heterocycles. The zero-order valence-corrected chi connectivity index (χ0v) is 12.0. The lowest BCUT2D eigenvalue weighted by molar-refractivity contribution is -0.143. The smallest absolute Gasteiger partial charge is 0.305 e. The number of hydrogen-bond acceptors (Lipinski definition) is 3. The molecule has 0 unspecified atom stereocenters. The number of unbranched alkanes of at least 4 members (excludes halogenated alkanes) is 6. The van der Waals surface area contributed by atoms with E-state index in [2.05, 4.69) is 10.2 Å². The molecule has 108 valence electrons. The lowest BCUT2D eigenvalue weighted by Gasteiger charge is -2.02. The first kappa shape index (κ1) is 15.7. The van der Waals surface area contributed by atoms with Crippen LogP contribution in [0.5, 0.6) is 0 Å². The molecule has 0 aliphatic rings. The minimum Gasteiger partial charge on any atom is -0.466 e. The average molecular weight is 266 g/mol. The molecule has 1 heterocycles. The highest BCUT2D eigenvalue weighted by Crippen LogP contribution is 2.10. The summed E-state index contributed by atoms with van der Waals surface area (Å²) in [7, 11) is 0. The van der Waals surface area contributed by atoms with E-state index >= 15 is 0 Å². The molecule has 1 N–H and O–H groups in total. The van der Waals surface area contributed by atoms with Crippen LogP contribution < -0.4 is 0 Å². The van der Waals surface area contributed by atoms with E-state index in [0.717, 1.165) is 19.3 Å². The zero-order valence-electron chi connectivity index (χ0n) is 12.0. The van der Waals surface area contributed by atoms with Crippen LogP contribution in [-0.2, 0) is 16.0 Å². The molecule has 1 rings (SSSR count). The maximum absolute atomic E-state index is 11.1. The van der Waals surface area contributed by atoms with Gasteiger partial charge in [-0.3, -0.25) is 9.89 Å². The number of aromatic nitrogens is 2. The molecule has 1 aromatic rings. The van der Waals surface area contributed by atoms with E-state index < -0.39 is 0 Å². The third-order valence-corrected chi connectivity index (χ3v) is 3.21. The lowest BCUT2D eigenvalue weighted by Crippen LogP contribution is -2.03. The molecule has 0 spiro atoms. The summed E-state index contributed by atoms with van der Waals surface area (Å²) in [6, 6.07) is 0. The normalized spacial score (nSPS) is 10.6. The number of aryl methyl sites for hydroxylation is 1. The van der Waals surface area contributed by atoms with E-state index in [9.17, 15) is 4.79 Å². The van der Waals surface area contributed by atoms with Crippen LogP contribution in [0.15, 0.2) is 12.4 Å². The van der Waals surface area contributed by atoms with Gasteiger partial charge in [0.05, 0.1) is 12.8 Å². The Morgan fingerprint density at radius 2 is 1.84 bits per heavy atom. The Kier molecular flexibility index (Phi) is 8.77. The molecule has 0 bridgehead atoms. The summed E-state index contributed by atoms with van der Waals surface area (Å²) in [5.74, 6) is -0.0531. The van der Waals surface area contributed by atoms with Crippen LogP contribution in [0.25, 0.3) is 0 Å². The first-order valence-electron chi connectivity index (χ1n) is 7.46. The van der Waals surface area contributed by atoms with Crippen molar-refractivity contribution in [3.63, 3.8) is 0 Å². The summed E-state index contributed by atoms with van der Waals surface area (Å²) in [5.41, 5.74) is 1.30. The Balaban J connectivity index is 1.80. The molecule has 0 saturated carbocycles. The minimum absolute atomic E-state index is 0.0531. The number of nitrogens with one attached hydrogen (secondary N) is 1. The van der Waals surface area contributed by atoms with E-state index in [0.29, 0.717) is 13.0 Å². The van der Waals surface area contributed by atoms with Crippen molar-refractivity contribution < 1.29 is 9.53 Å². The first-order valence-corrected chi connectivity index (χ1v) is 7.46. The highest BCUT2D eigenvalue weighted by atomic mass is 16.5. The van der Waals surface area contributed by atoms with Crippen LogP contribution in [0.4, 0.5) is 0 Å². The van der Waals surface area contributed by atoms with Gasteiger partial charge in [0.15, 0.2) is 0 Å². The molecule has 4 nitrogen and oxygen atoms in total. The summed E-state index contributed by atoms with van der Waals surface area (Å²) in [6.07, 6.45) is 14.0. The fourth-order valence-corrected chi connectivity index (χ4v) is 2.13. The number of hydrogen-bond donors (Lipinski definition) is 1. The average Bonchev–Trinajstić information content (AvgIpc) is 2.90. The summed E-state index contributed by atoms with van der Waals surface area (Å²) >= 11 is 0. The quantitative estimate of drug-likeness (QED) is 0.491. The van der Waals surface area contributed by atoms with Gasteiger partial charge in [0.2, 0.25) is 0 Å². The summed E-state index contributed by atoms with van der Waals surface area (Å²) in [5, 5.41) is 6.77. The number of H-pyrrole nitrogens is 1.